The molecule has 0 unspecified atom stereocenters. The van der Waals surface area contributed by atoms with E-state index in [1.54, 1.807) is 0 Å². The Labute approximate surface area is 126 Å². The third kappa shape index (κ3) is 3.88. The molecule has 1 aromatic heterocycles. The molecule has 0 bridgehead atoms. The summed E-state index contributed by atoms with van der Waals surface area (Å²) in [5.41, 5.74) is -0.267. The van der Waals surface area contributed by atoms with E-state index in [0.717, 1.165) is 0 Å². The smallest absolute Gasteiger partial charge is 0.269 e. The number of aromatic nitrogens is 2. The largest absolute Gasteiger partial charge is 0.439 e. The van der Waals surface area contributed by atoms with Crippen LogP contribution in [0.1, 0.15) is 26.6 Å². The normalized spacial score (nSPS) is 11.2. The molecule has 0 aliphatic rings. The topological polar surface area (TPSA) is 78.2 Å². The molecule has 0 fully saturated rings. The van der Waals surface area contributed by atoms with E-state index in [-0.39, 0.29) is 16.3 Å². The summed E-state index contributed by atoms with van der Waals surface area (Å²) >= 11 is 5.97. The number of benzene rings is 1. The van der Waals surface area contributed by atoms with Gasteiger partial charge < -0.3 is 4.74 Å². The van der Waals surface area contributed by atoms with Crippen LogP contribution in [0.5, 0.6) is 11.6 Å². The Morgan fingerprint density at radius 1 is 1.19 bits per heavy atom. The van der Waals surface area contributed by atoms with Crippen molar-refractivity contribution in [1.82, 2.24) is 9.97 Å². The van der Waals surface area contributed by atoms with Crippen molar-refractivity contribution in [1.29, 1.82) is 0 Å². The van der Waals surface area contributed by atoms with Crippen molar-refractivity contribution in [2.75, 3.05) is 0 Å². The van der Waals surface area contributed by atoms with E-state index in [0.29, 0.717) is 17.5 Å². The molecule has 110 valence electrons. The molecule has 0 radical (unpaired) electrons. The van der Waals surface area contributed by atoms with E-state index in [2.05, 4.69) is 9.97 Å². The van der Waals surface area contributed by atoms with Crippen molar-refractivity contribution < 1.29 is 9.66 Å². The number of ether oxygens (including phenoxy) is 1. The third-order valence-electron chi connectivity index (χ3n) is 2.61. The van der Waals surface area contributed by atoms with Crippen LogP contribution in [0.25, 0.3) is 0 Å². The van der Waals surface area contributed by atoms with Crippen LogP contribution in [0.3, 0.4) is 0 Å². The molecular formula is C14H14ClN3O3. The molecular weight excluding hydrogens is 294 g/mol. The summed E-state index contributed by atoms with van der Waals surface area (Å²) in [4.78, 5) is 18.6. The zero-order chi connectivity index (χ0) is 15.6. The van der Waals surface area contributed by atoms with Crippen molar-refractivity contribution in [3.8, 4) is 11.6 Å². The minimum atomic E-state index is -0.469. The molecule has 0 atom stereocenters. The number of hydrogen-bond acceptors (Lipinski definition) is 5. The second-order valence-corrected chi connectivity index (χ2v) is 5.84. The Morgan fingerprint density at radius 2 is 1.81 bits per heavy atom. The Balaban J connectivity index is 2.27. The zero-order valence-electron chi connectivity index (χ0n) is 11.8. The number of nitrogens with zero attached hydrogens (tertiary/aromatic N) is 3. The second-order valence-electron chi connectivity index (χ2n) is 5.46. The third-order valence-corrected chi connectivity index (χ3v) is 2.81. The van der Waals surface area contributed by atoms with E-state index in [4.69, 9.17) is 16.3 Å². The maximum Gasteiger partial charge on any atom is 0.269 e. The van der Waals surface area contributed by atoms with Gasteiger partial charge in [0.2, 0.25) is 5.88 Å². The van der Waals surface area contributed by atoms with Gasteiger partial charge in [-0.15, -0.1) is 0 Å². The second kappa shape index (κ2) is 5.65. The highest BCUT2D eigenvalue weighted by atomic mass is 35.5. The summed E-state index contributed by atoms with van der Waals surface area (Å²) in [6, 6.07) is 7.24. The molecule has 2 aromatic rings. The van der Waals surface area contributed by atoms with Gasteiger partial charge >= 0.3 is 0 Å². The van der Waals surface area contributed by atoms with Crippen LogP contribution in [0.4, 0.5) is 5.69 Å². The number of rotatable bonds is 3. The first-order valence-corrected chi connectivity index (χ1v) is 6.61. The first-order chi connectivity index (χ1) is 9.75. The molecule has 0 spiro atoms. The van der Waals surface area contributed by atoms with Crippen molar-refractivity contribution >= 4 is 17.3 Å². The van der Waals surface area contributed by atoms with Crippen LogP contribution >= 0.6 is 11.6 Å². The van der Waals surface area contributed by atoms with Crippen molar-refractivity contribution in [3.63, 3.8) is 0 Å². The Morgan fingerprint density at radius 3 is 2.33 bits per heavy atom. The lowest BCUT2D eigenvalue weighted by atomic mass is 9.96. The van der Waals surface area contributed by atoms with Crippen LogP contribution < -0.4 is 4.74 Å². The van der Waals surface area contributed by atoms with E-state index < -0.39 is 4.92 Å². The Kier molecular flexibility index (Phi) is 4.09. The lowest BCUT2D eigenvalue weighted by molar-refractivity contribution is -0.384. The fraction of sp³-hybridized carbons (Fsp3) is 0.286. The predicted molar refractivity (Wildman–Crippen MR) is 78.9 cm³/mol. The average Bonchev–Trinajstić information content (AvgIpc) is 2.37. The first kappa shape index (κ1) is 15.2. The van der Waals surface area contributed by atoms with Gasteiger partial charge in [-0.2, -0.15) is 4.98 Å². The number of nitro benzene ring substituents is 1. The minimum Gasteiger partial charge on any atom is -0.439 e. The van der Waals surface area contributed by atoms with Gasteiger partial charge in [-0.3, -0.25) is 10.1 Å². The molecule has 0 aliphatic carbocycles. The highest BCUT2D eigenvalue weighted by Gasteiger charge is 2.19. The maximum absolute atomic E-state index is 10.6. The number of hydrogen-bond donors (Lipinski definition) is 0. The van der Waals surface area contributed by atoms with E-state index in [9.17, 15) is 10.1 Å². The summed E-state index contributed by atoms with van der Waals surface area (Å²) in [5, 5.41) is 10.9. The number of nitro groups is 1. The standard InChI is InChI=1S/C14H14ClN3O3/c1-14(2,3)13-16-11(15)8-12(17-13)21-10-6-4-9(5-7-10)18(19)20/h4-8H,1-3H3. The zero-order valence-corrected chi connectivity index (χ0v) is 12.6. The molecule has 1 heterocycles. The summed E-state index contributed by atoms with van der Waals surface area (Å²) in [7, 11) is 0. The summed E-state index contributed by atoms with van der Waals surface area (Å²) in [5.74, 6) is 1.30. The van der Waals surface area contributed by atoms with Crippen LogP contribution in [0.2, 0.25) is 5.15 Å². The van der Waals surface area contributed by atoms with Gasteiger partial charge in [-0.25, -0.2) is 4.98 Å². The van der Waals surface area contributed by atoms with Crippen LogP contribution in [0, 0.1) is 10.1 Å². The van der Waals surface area contributed by atoms with Gasteiger partial charge in [0.1, 0.15) is 16.7 Å². The van der Waals surface area contributed by atoms with Gasteiger partial charge in [0.15, 0.2) is 0 Å². The van der Waals surface area contributed by atoms with Crippen LogP contribution in [-0.4, -0.2) is 14.9 Å². The molecule has 0 saturated carbocycles. The van der Waals surface area contributed by atoms with E-state index >= 15 is 0 Å². The molecule has 0 amide bonds. The predicted octanol–water partition coefficient (Wildman–Crippen LogP) is 4.13. The van der Waals surface area contributed by atoms with Crippen molar-refractivity contribution in [2.24, 2.45) is 0 Å². The molecule has 0 aliphatic heterocycles. The minimum absolute atomic E-state index is 0.00143. The summed E-state index contributed by atoms with van der Waals surface area (Å²) < 4.78 is 5.57. The molecule has 0 saturated heterocycles. The molecule has 2 rings (SSSR count). The fourth-order valence-electron chi connectivity index (χ4n) is 1.54. The van der Waals surface area contributed by atoms with Gasteiger partial charge in [-0.1, -0.05) is 32.4 Å². The van der Waals surface area contributed by atoms with Crippen molar-refractivity contribution in [3.05, 3.63) is 51.4 Å². The monoisotopic (exact) mass is 307 g/mol. The van der Waals surface area contributed by atoms with Gasteiger partial charge in [0.25, 0.3) is 5.69 Å². The maximum atomic E-state index is 10.6. The molecule has 7 heteroatoms. The molecule has 21 heavy (non-hydrogen) atoms. The molecule has 6 nitrogen and oxygen atoms in total. The van der Waals surface area contributed by atoms with Gasteiger partial charge in [0.05, 0.1) is 4.92 Å². The van der Waals surface area contributed by atoms with Gasteiger partial charge in [0, 0.05) is 23.6 Å². The highest BCUT2D eigenvalue weighted by Crippen LogP contribution is 2.27. The Bertz CT molecular complexity index is 666. The lowest BCUT2D eigenvalue weighted by Gasteiger charge is -2.17. The Hall–Kier alpha value is -2.21. The summed E-state index contributed by atoms with van der Waals surface area (Å²) in [6.45, 7) is 5.90. The number of halogens is 1. The SMILES string of the molecule is CC(C)(C)c1nc(Cl)cc(Oc2ccc([N+](=O)[O-])cc2)n1. The van der Waals surface area contributed by atoms with E-state index in [1.807, 2.05) is 20.8 Å². The van der Waals surface area contributed by atoms with Crippen molar-refractivity contribution in [2.45, 2.75) is 26.2 Å². The van der Waals surface area contributed by atoms with E-state index in [1.165, 1.54) is 30.3 Å². The van der Waals surface area contributed by atoms with Crippen LogP contribution in [-0.2, 0) is 5.41 Å². The quantitative estimate of drug-likeness (QED) is 0.484. The lowest BCUT2D eigenvalue weighted by Crippen LogP contribution is -2.16. The molecule has 1 aromatic carbocycles. The molecule has 0 N–H and O–H groups in total. The summed E-state index contributed by atoms with van der Waals surface area (Å²) in [6.07, 6.45) is 0. The van der Waals surface area contributed by atoms with Crippen LogP contribution in [0.15, 0.2) is 30.3 Å². The number of non-ortho nitro benzene ring substituents is 1. The fourth-order valence-corrected chi connectivity index (χ4v) is 1.71. The van der Waals surface area contributed by atoms with Gasteiger partial charge in [-0.05, 0) is 12.1 Å². The first-order valence-electron chi connectivity index (χ1n) is 6.23. The average molecular weight is 308 g/mol. The highest BCUT2D eigenvalue weighted by molar-refractivity contribution is 6.29.